The van der Waals surface area contributed by atoms with Crippen molar-refractivity contribution in [3.63, 3.8) is 0 Å². The first-order valence-corrected chi connectivity index (χ1v) is 7.79. The fraction of sp³-hybridized carbons (Fsp3) is 0.0833. The van der Waals surface area contributed by atoms with Crippen LogP contribution in [0.4, 0.5) is 0 Å². The quantitative estimate of drug-likeness (QED) is 0.563. The highest BCUT2D eigenvalue weighted by molar-refractivity contribution is 9.10. The molecule has 1 aromatic carbocycles. The van der Waals surface area contributed by atoms with Crippen LogP contribution in [0.2, 0.25) is 4.34 Å². The molecule has 0 saturated carbocycles. The van der Waals surface area contributed by atoms with Crippen LogP contribution in [-0.2, 0) is 0 Å². The summed E-state index contributed by atoms with van der Waals surface area (Å²) < 4.78 is 1.68. The monoisotopic (exact) mass is 346 g/mol. The largest absolute Gasteiger partial charge is 0.292 e. The van der Waals surface area contributed by atoms with Gasteiger partial charge in [0.05, 0.1) is 15.0 Å². The molecule has 0 aliphatic heterocycles. The third-order valence-corrected chi connectivity index (χ3v) is 4.77. The first-order valence-electron chi connectivity index (χ1n) is 4.82. The van der Waals surface area contributed by atoms with Gasteiger partial charge in [0.2, 0.25) is 0 Å². The van der Waals surface area contributed by atoms with Crippen LogP contribution in [0, 0.1) is 0 Å². The van der Waals surface area contributed by atoms with Gasteiger partial charge in [-0.05, 0) is 30.3 Å². The van der Waals surface area contributed by atoms with Gasteiger partial charge in [-0.3, -0.25) is 4.79 Å². The van der Waals surface area contributed by atoms with Gasteiger partial charge in [-0.25, -0.2) is 0 Å². The number of carbonyl (C=O) groups is 1. The molecule has 0 spiro atoms. The van der Waals surface area contributed by atoms with Crippen molar-refractivity contribution in [1.82, 2.24) is 0 Å². The first kappa shape index (κ1) is 13.1. The van der Waals surface area contributed by atoms with Crippen LogP contribution < -0.4 is 0 Å². The minimum Gasteiger partial charge on any atom is -0.292 e. The average Bonchev–Trinajstić information content (AvgIpc) is 2.73. The summed E-state index contributed by atoms with van der Waals surface area (Å²) in [5.74, 6) is 0.555. The number of benzene rings is 1. The molecule has 0 saturated heterocycles. The smallest absolute Gasteiger partial charge is 0.183 e. The highest BCUT2D eigenvalue weighted by atomic mass is 79.9. The Morgan fingerprint density at radius 1 is 1.35 bits per heavy atom. The summed E-state index contributed by atoms with van der Waals surface area (Å²) in [6.45, 7) is 0. The molecule has 1 aromatic heterocycles. The minimum atomic E-state index is 0.117. The van der Waals surface area contributed by atoms with Crippen LogP contribution in [0.1, 0.15) is 9.67 Å². The molecular weight excluding hydrogens is 340 g/mol. The molecule has 5 heteroatoms. The van der Waals surface area contributed by atoms with E-state index in [9.17, 15) is 4.79 Å². The summed E-state index contributed by atoms with van der Waals surface area (Å²) in [7, 11) is 0. The molecule has 0 atom stereocenters. The zero-order valence-electron chi connectivity index (χ0n) is 8.65. The Hall–Kier alpha value is -0.290. The lowest BCUT2D eigenvalue weighted by atomic mass is 10.3. The van der Waals surface area contributed by atoms with E-state index in [1.165, 1.54) is 23.1 Å². The number of carbonyl (C=O) groups excluding carboxylic acids is 1. The molecule has 0 amide bonds. The molecule has 0 aliphatic carbocycles. The number of ketones is 1. The predicted octanol–water partition coefficient (Wildman–Crippen LogP) is 5.14. The second kappa shape index (κ2) is 6.05. The second-order valence-electron chi connectivity index (χ2n) is 3.27. The van der Waals surface area contributed by atoms with E-state index >= 15 is 0 Å². The van der Waals surface area contributed by atoms with Gasteiger partial charge in [-0.15, -0.1) is 23.1 Å². The van der Waals surface area contributed by atoms with Gasteiger partial charge in [0, 0.05) is 9.37 Å². The molecule has 0 bridgehead atoms. The number of halogens is 2. The zero-order chi connectivity index (χ0) is 12.3. The van der Waals surface area contributed by atoms with Crippen molar-refractivity contribution in [3.8, 4) is 0 Å². The summed E-state index contributed by atoms with van der Waals surface area (Å²) >= 11 is 12.1. The molecule has 0 fully saturated rings. The molecular formula is C12H8BrClOS2. The SMILES string of the molecule is O=C(CSc1cccc(Br)c1)c1ccc(Cl)s1. The Labute approximate surface area is 121 Å². The maximum absolute atomic E-state index is 11.8. The van der Waals surface area contributed by atoms with E-state index in [-0.39, 0.29) is 5.78 Å². The van der Waals surface area contributed by atoms with Gasteiger partial charge in [-0.1, -0.05) is 33.6 Å². The number of thiophene rings is 1. The van der Waals surface area contributed by atoms with Crippen molar-refractivity contribution >= 4 is 56.4 Å². The Bertz CT molecular complexity index is 539. The van der Waals surface area contributed by atoms with Crippen molar-refractivity contribution in [1.29, 1.82) is 0 Å². The number of thioether (sulfide) groups is 1. The van der Waals surface area contributed by atoms with Gasteiger partial charge in [0.15, 0.2) is 5.78 Å². The van der Waals surface area contributed by atoms with E-state index in [1.807, 2.05) is 24.3 Å². The standard InChI is InChI=1S/C12H8BrClOS2/c13-8-2-1-3-9(6-8)16-7-10(15)11-4-5-12(14)17-11/h1-6H,7H2. The van der Waals surface area contributed by atoms with Crippen molar-refractivity contribution in [2.75, 3.05) is 5.75 Å². The van der Waals surface area contributed by atoms with Crippen molar-refractivity contribution in [2.24, 2.45) is 0 Å². The van der Waals surface area contributed by atoms with Gasteiger partial charge in [0.25, 0.3) is 0 Å². The summed E-state index contributed by atoms with van der Waals surface area (Å²) in [5, 5.41) is 0. The van der Waals surface area contributed by atoms with Crippen molar-refractivity contribution in [3.05, 3.63) is 50.1 Å². The van der Waals surface area contributed by atoms with E-state index in [0.29, 0.717) is 10.1 Å². The van der Waals surface area contributed by atoms with E-state index in [2.05, 4.69) is 15.9 Å². The van der Waals surface area contributed by atoms with E-state index < -0.39 is 0 Å². The number of rotatable bonds is 4. The van der Waals surface area contributed by atoms with Crippen LogP contribution in [0.5, 0.6) is 0 Å². The molecule has 1 nitrogen and oxygen atoms in total. The molecule has 88 valence electrons. The highest BCUT2D eigenvalue weighted by Gasteiger charge is 2.09. The number of hydrogen-bond donors (Lipinski definition) is 0. The Balaban J connectivity index is 1.97. The number of Topliss-reactive ketones (excluding diaryl/α,β-unsaturated/α-hetero) is 1. The number of hydrogen-bond acceptors (Lipinski definition) is 3. The van der Waals surface area contributed by atoms with Crippen LogP contribution in [0.15, 0.2) is 45.8 Å². The average molecular weight is 348 g/mol. The lowest BCUT2D eigenvalue weighted by Crippen LogP contribution is -1.98. The lowest BCUT2D eigenvalue weighted by Gasteiger charge is -2.00. The molecule has 0 unspecified atom stereocenters. The predicted molar refractivity (Wildman–Crippen MR) is 78.5 cm³/mol. The topological polar surface area (TPSA) is 17.1 Å². The van der Waals surface area contributed by atoms with Gasteiger partial charge in [-0.2, -0.15) is 0 Å². The molecule has 17 heavy (non-hydrogen) atoms. The van der Waals surface area contributed by atoms with Gasteiger partial charge >= 0.3 is 0 Å². The molecule has 0 N–H and O–H groups in total. The maximum Gasteiger partial charge on any atom is 0.183 e. The van der Waals surface area contributed by atoms with Crippen LogP contribution in [-0.4, -0.2) is 11.5 Å². The van der Waals surface area contributed by atoms with Crippen LogP contribution in [0.3, 0.4) is 0 Å². The van der Waals surface area contributed by atoms with Crippen molar-refractivity contribution < 1.29 is 4.79 Å². The summed E-state index contributed by atoms with van der Waals surface area (Å²) in [6, 6.07) is 11.4. The fourth-order valence-corrected chi connectivity index (χ4v) is 3.70. The van der Waals surface area contributed by atoms with Crippen LogP contribution >= 0.6 is 50.6 Å². The minimum absolute atomic E-state index is 0.117. The third-order valence-electron chi connectivity index (χ3n) is 2.01. The fourth-order valence-electron chi connectivity index (χ4n) is 1.24. The zero-order valence-corrected chi connectivity index (χ0v) is 12.6. The summed E-state index contributed by atoms with van der Waals surface area (Å²) in [6.07, 6.45) is 0. The highest BCUT2D eigenvalue weighted by Crippen LogP contribution is 2.26. The van der Waals surface area contributed by atoms with Crippen LogP contribution in [0.25, 0.3) is 0 Å². The molecule has 0 aliphatic rings. The van der Waals surface area contributed by atoms with E-state index in [4.69, 9.17) is 11.6 Å². The lowest BCUT2D eigenvalue weighted by molar-refractivity contribution is 0.102. The summed E-state index contributed by atoms with van der Waals surface area (Å²) in [5.41, 5.74) is 0. The van der Waals surface area contributed by atoms with E-state index in [1.54, 1.807) is 12.1 Å². The Morgan fingerprint density at radius 2 is 2.18 bits per heavy atom. The Kier molecular flexibility index (Phi) is 4.68. The second-order valence-corrected chi connectivity index (χ2v) is 6.95. The molecule has 0 radical (unpaired) electrons. The molecule has 2 aromatic rings. The van der Waals surface area contributed by atoms with Gasteiger partial charge in [0.1, 0.15) is 0 Å². The first-order chi connectivity index (χ1) is 8.15. The summed E-state index contributed by atoms with van der Waals surface area (Å²) in [4.78, 5) is 13.6. The normalized spacial score (nSPS) is 10.5. The van der Waals surface area contributed by atoms with E-state index in [0.717, 1.165) is 14.2 Å². The molecule has 2 rings (SSSR count). The Morgan fingerprint density at radius 3 is 2.82 bits per heavy atom. The van der Waals surface area contributed by atoms with Crippen molar-refractivity contribution in [2.45, 2.75) is 4.90 Å². The molecule has 1 heterocycles. The third kappa shape index (κ3) is 3.85. The maximum atomic E-state index is 11.8. The van der Waals surface area contributed by atoms with Gasteiger partial charge < -0.3 is 0 Å².